The van der Waals surface area contributed by atoms with Crippen LogP contribution in [0.4, 0.5) is 10.7 Å². The molecular formula is C19H13Cl2N5O2. The molecule has 2 aromatic carbocycles. The molecule has 0 bridgehead atoms. The molecule has 0 saturated carbocycles. The van der Waals surface area contributed by atoms with Crippen LogP contribution in [0, 0.1) is 6.92 Å². The zero-order chi connectivity index (χ0) is 19.7. The number of nitrogens with one attached hydrogen (secondary N) is 2. The Morgan fingerprint density at radius 1 is 1.11 bits per heavy atom. The fraction of sp³-hybridized carbons (Fsp3) is 0.0526. The first-order chi connectivity index (χ1) is 13.5. The Hall–Kier alpha value is -3.16. The number of halogens is 2. The SMILES string of the molecule is Cc1ccnc(NC(=O)Oc2ccc3nc(-c4c(Cl)cccc4Cl)[nH]c3c2)n1. The first kappa shape index (κ1) is 18.2. The molecule has 28 heavy (non-hydrogen) atoms. The van der Waals surface area contributed by atoms with E-state index < -0.39 is 6.09 Å². The molecule has 0 unspecified atom stereocenters. The standard InChI is InChI=1S/C19H13Cl2N5O2/c1-10-7-8-22-18(23-10)26-19(27)28-11-5-6-14-15(9-11)25-17(24-14)16-12(20)3-2-4-13(16)21/h2-9H,1H3,(H,24,25)(H,22,23,26,27). The average Bonchev–Trinajstić information content (AvgIpc) is 3.04. The summed E-state index contributed by atoms with van der Waals surface area (Å²) in [5, 5.41) is 3.45. The molecule has 9 heteroatoms. The Labute approximate surface area is 169 Å². The summed E-state index contributed by atoms with van der Waals surface area (Å²) in [5.74, 6) is 1.03. The topological polar surface area (TPSA) is 92.8 Å². The molecule has 1 amide bonds. The largest absolute Gasteiger partial charge is 0.419 e. The van der Waals surface area contributed by atoms with Crippen molar-refractivity contribution in [3.8, 4) is 17.1 Å². The van der Waals surface area contributed by atoms with Crippen molar-refractivity contribution in [1.82, 2.24) is 19.9 Å². The number of fused-ring (bicyclic) bond motifs is 1. The van der Waals surface area contributed by atoms with E-state index in [0.717, 1.165) is 5.69 Å². The molecule has 2 heterocycles. The monoisotopic (exact) mass is 413 g/mol. The van der Waals surface area contributed by atoms with Crippen LogP contribution in [-0.4, -0.2) is 26.0 Å². The van der Waals surface area contributed by atoms with Crippen molar-refractivity contribution in [2.45, 2.75) is 6.92 Å². The van der Waals surface area contributed by atoms with Gasteiger partial charge in [0.1, 0.15) is 11.6 Å². The van der Waals surface area contributed by atoms with E-state index in [1.54, 1.807) is 55.6 Å². The minimum atomic E-state index is -0.696. The summed E-state index contributed by atoms with van der Waals surface area (Å²) in [6.45, 7) is 1.80. The summed E-state index contributed by atoms with van der Waals surface area (Å²) in [6, 6.07) is 12.0. The fourth-order valence-corrected chi connectivity index (χ4v) is 3.20. The zero-order valence-corrected chi connectivity index (χ0v) is 16.0. The number of ether oxygens (including phenoxy) is 1. The number of imidazole rings is 1. The number of aryl methyl sites for hydroxylation is 1. The predicted octanol–water partition coefficient (Wildman–Crippen LogP) is 5.25. The van der Waals surface area contributed by atoms with Gasteiger partial charge in [-0.15, -0.1) is 0 Å². The molecule has 2 N–H and O–H groups in total. The van der Waals surface area contributed by atoms with E-state index in [0.29, 0.717) is 38.2 Å². The van der Waals surface area contributed by atoms with E-state index in [-0.39, 0.29) is 5.95 Å². The molecule has 0 aliphatic heterocycles. The summed E-state index contributed by atoms with van der Waals surface area (Å²) in [4.78, 5) is 27.8. The molecule has 4 rings (SSSR count). The van der Waals surface area contributed by atoms with Gasteiger partial charge in [-0.2, -0.15) is 0 Å². The van der Waals surface area contributed by atoms with E-state index in [9.17, 15) is 4.79 Å². The lowest BCUT2D eigenvalue weighted by Crippen LogP contribution is -2.18. The van der Waals surface area contributed by atoms with Crippen LogP contribution in [0.15, 0.2) is 48.7 Å². The first-order valence-electron chi connectivity index (χ1n) is 8.22. The van der Waals surface area contributed by atoms with Gasteiger partial charge in [0.25, 0.3) is 0 Å². The third kappa shape index (κ3) is 3.76. The molecule has 0 spiro atoms. The van der Waals surface area contributed by atoms with Gasteiger partial charge in [0.15, 0.2) is 0 Å². The third-order valence-corrected chi connectivity index (χ3v) is 4.50. The Morgan fingerprint density at radius 3 is 2.64 bits per heavy atom. The number of nitrogens with zero attached hydrogens (tertiary/aromatic N) is 3. The van der Waals surface area contributed by atoms with Crippen LogP contribution in [0.25, 0.3) is 22.4 Å². The minimum absolute atomic E-state index is 0.170. The second-order valence-corrected chi connectivity index (χ2v) is 6.71. The summed E-state index contributed by atoms with van der Waals surface area (Å²) in [5.41, 5.74) is 2.69. The number of amides is 1. The van der Waals surface area contributed by atoms with Gasteiger partial charge < -0.3 is 9.72 Å². The molecule has 140 valence electrons. The number of hydrogen-bond acceptors (Lipinski definition) is 5. The van der Waals surface area contributed by atoms with E-state index in [4.69, 9.17) is 27.9 Å². The summed E-state index contributed by atoms with van der Waals surface area (Å²) < 4.78 is 5.30. The van der Waals surface area contributed by atoms with Crippen LogP contribution in [0.2, 0.25) is 10.0 Å². The van der Waals surface area contributed by atoms with Gasteiger partial charge in [0.2, 0.25) is 5.95 Å². The Balaban J connectivity index is 1.57. The van der Waals surface area contributed by atoms with Crippen LogP contribution in [0.3, 0.4) is 0 Å². The van der Waals surface area contributed by atoms with Crippen molar-refractivity contribution in [3.05, 3.63) is 64.4 Å². The number of aromatic amines is 1. The van der Waals surface area contributed by atoms with Crippen LogP contribution in [0.5, 0.6) is 5.75 Å². The molecule has 0 fully saturated rings. The van der Waals surface area contributed by atoms with Crippen LogP contribution in [0.1, 0.15) is 5.69 Å². The first-order valence-corrected chi connectivity index (χ1v) is 8.98. The highest BCUT2D eigenvalue weighted by atomic mass is 35.5. The average molecular weight is 414 g/mol. The van der Waals surface area contributed by atoms with Crippen molar-refractivity contribution >= 4 is 46.3 Å². The number of hydrogen-bond donors (Lipinski definition) is 2. The van der Waals surface area contributed by atoms with Gasteiger partial charge in [-0.3, -0.25) is 5.32 Å². The van der Waals surface area contributed by atoms with Gasteiger partial charge in [0.05, 0.1) is 26.6 Å². The molecule has 7 nitrogen and oxygen atoms in total. The van der Waals surface area contributed by atoms with Crippen molar-refractivity contribution in [2.24, 2.45) is 0 Å². The van der Waals surface area contributed by atoms with Crippen LogP contribution >= 0.6 is 23.2 Å². The fourth-order valence-electron chi connectivity index (χ4n) is 2.63. The normalized spacial score (nSPS) is 10.8. The molecule has 0 aliphatic carbocycles. The number of benzene rings is 2. The molecular weight excluding hydrogens is 401 g/mol. The minimum Gasteiger partial charge on any atom is -0.410 e. The number of anilines is 1. The summed E-state index contributed by atoms with van der Waals surface area (Å²) >= 11 is 12.5. The van der Waals surface area contributed by atoms with E-state index in [1.165, 1.54) is 0 Å². The smallest absolute Gasteiger partial charge is 0.410 e. The summed E-state index contributed by atoms with van der Waals surface area (Å²) in [7, 11) is 0. The molecule has 2 aromatic heterocycles. The zero-order valence-electron chi connectivity index (χ0n) is 14.5. The lowest BCUT2D eigenvalue weighted by molar-refractivity contribution is 0.215. The van der Waals surface area contributed by atoms with Crippen molar-refractivity contribution in [3.63, 3.8) is 0 Å². The second-order valence-electron chi connectivity index (χ2n) is 5.90. The summed E-state index contributed by atoms with van der Waals surface area (Å²) in [6.07, 6.45) is 0.856. The highest BCUT2D eigenvalue weighted by molar-refractivity contribution is 6.39. The molecule has 0 atom stereocenters. The van der Waals surface area contributed by atoms with Gasteiger partial charge in [0, 0.05) is 18.0 Å². The maximum atomic E-state index is 12.1. The highest BCUT2D eigenvalue weighted by Crippen LogP contribution is 2.34. The number of H-pyrrole nitrogens is 1. The van der Waals surface area contributed by atoms with E-state index in [1.807, 2.05) is 0 Å². The third-order valence-electron chi connectivity index (χ3n) is 3.87. The Bertz CT molecular complexity index is 1170. The lowest BCUT2D eigenvalue weighted by Gasteiger charge is -2.05. The molecule has 0 saturated heterocycles. The van der Waals surface area contributed by atoms with Crippen molar-refractivity contribution in [1.29, 1.82) is 0 Å². The van der Waals surface area contributed by atoms with Gasteiger partial charge in [-0.1, -0.05) is 29.3 Å². The number of rotatable bonds is 3. The Morgan fingerprint density at radius 2 is 1.89 bits per heavy atom. The quantitative estimate of drug-likeness (QED) is 0.478. The highest BCUT2D eigenvalue weighted by Gasteiger charge is 2.14. The molecule has 0 aliphatic rings. The van der Waals surface area contributed by atoms with Crippen molar-refractivity contribution in [2.75, 3.05) is 5.32 Å². The number of carbonyl (C=O) groups is 1. The lowest BCUT2D eigenvalue weighted by atomic mass is 10.2. The molecule has 4 aromatic rings. The van der Waals surface area contributed by atoms with E-state index >= 15 is 0 Å². The van der Waals surface area contributed by atoms with Crippen molar-refractivity contribution < 1.29 is 9.53 Å². The van der Waals surface area contributed by atoms with Gasteiger partial charge in [-0.25, -0.2) is 19.7 Å². The maximum absolute atomic E-state index is 12.1. The van der Waals surface area contributed by atoms with Gasteiger partial charge >= 0.3 is 6.09 Å². The Kier molecular flexibility index (Phi) is 4.85. The van der Waals surface area contributed by atoms with Crippen LogP contribution in [-0.2, 0) is 0 Å². The second kappa shape index (κ2) is 7.46. The van der Waals surface area contributed by atoms with Crippen LogP contribution < -0.4 is 10.1 Å². The van der Waals surface area contributed by atoms with Gasteiger partial charge in [-0.05, 0) is 37.3 Å². The number of aromatic nitrogens is 4. The maximum Gasteiger partial charge on any atom is 0.419 e. The molecule has 0 radical (unpaired) electrons. The number of carbonyl (C=O) groups excluding carboxylic acids is 1. The van der Waals surface area contributed by atoms with E-state index in [2.05, 4.69) is 25.3 Å². The predicted molar refractivity (Wildman–Crippen MR) is 108 cm³/mol.